The fraction of sp³-hybridized carbons (Fsp3) is 0.143. The van der Waals surface area contributed by atoms with Gasteiger partial charge in [-0.25, -0.2) is 0 Å². The maximum Gasteiger partial charge on any atom is 0.0178 e. The Labute approximate surface area is 99.8 Å². The van der Waals surface area contributed by atoms with Crippen LogP contribution in [0.4, 0.5) is 0 Å². The van der Waals surface area contributed by atoms with Crippen LogP contribution >= 0.6 is 57.6 Å². The van der Waals surface area contributed by atoms with Gasteiger partial charge in [0.1, 0.15) is 0 Å². The highest BCUT2D eigenvalue weighted by molar-refractivity contribution is 14.1. The van der Waals surface area contributed by atoms with Crippen LogP contribution in [0.1, 0.15) is 5.56 Å². The van der Waals surface area contributed by atoms with Gasteiger partial charge in [0, 0.05) is 13.7 Å². The molecule has 1 nitrogen and oxygen atoms in total. The highest BCUT2D eigenvalue weighted by atomic mass is 127. The zero-order chi connectivity index (χ0) is 7.56. The van der Waals surface area contributed by atoms with Crippen LogP contribution in [-0.4, -0.2) is 0 Å². The lowest BCUT2D eigenvalue weighted by molar-refractivity contribution is 1.07. The molecule has 0 unspecified atom stereocenters. The molecule has 0 atom stereocenters. The van der Waals surface area contributed by atoms with E-state index in [1.165, 1.54) is 12.7 Å². The van der Waals surface area contributed by atoms with E-state index in [4.69, 9.17) is 5.73 Å². The minimum atomic E-state index is 0. The Morgan fingerprint density at radius 3 is 1.91 bits per heavy atom. The summed E-state index contributed by atoms with van der Waals surface area (Å²) in [6.07, 6.45) is 0. The van der Waals surface area contributed by atoms with Gasteiger partial charge in [-0.1, -0.05) is 0 Å². The summed E-state index contributed by atoms with van der Waals surface area (Å²) in [5.74, 6) is 0. The Morgan fingerprint density at radius 2 is 1.55 bits per heavy atom. The molecule has 0 aliphatic heterocycles. The van der Waals surface area contributed by atoms with E-state index in [0.717, 1.165) is 0 Å². The SMILES string of the molecule is Cl.NCc1cc(I)cc(I)c1. The molecule has 0 aliphatic carbocycles. The van der Waals surface area contributed by atoms with Crippen molar-refractivity contribution in [1.82, 2.24) is 0 Å². The normalized spacial score (nSPS) is 9.00. The third-order valence-corrected chi connectivity index (χ3v) is 2.40. The van der Waals surface area contributed by atoms with Gasteiger partial charge < -0.3 is 5.73 Å². The summed E-state index contributed by atoms with van der Waals surface area (Å²) in [6.45, 7) is 0.632. The van der Waals surface area contributed by atoms with E-state index in [2.05, 4.69) is 63.4 Å². The molecule has 62 valence electrons. The van der Waals surface area contributed by atoms with Crippen molar-refractivity contribution in [3.05, 3.63) is 30.9 Å². The molecule has 0 amide bonds. The van der Waals surface area contributed by atoms with E-state index in [1.807, 2.05) is 0 Å². The molecular formula is C7H8ClI2N. The minimum Gasteiger partial charge on any atom is -0.326 e. The summed E-state index contributed by atoms with van der Waals surface area (Å²) >= 11 is 4.59. The Bertz CT molecular complexity index is 220. The molecule has 1 aromatic rings. The zero-order valence-electron chi connectivity index (χ0n) is 5.68. The van der Waals surface area contributed by atoms with Gasteiger partial charge >= 0.3 is 0 Å². The third kappa shape index (κ3) is 3.91. The minimum absolute atomic E-state index is 0. The molecular weight excluding hydrogens is 387 g/mol. The topological polar surface area (TPSA) is 26.0 Å². The number of benzene rings is 1. The van der Waals surface area contributed by atoms with Gasteiger partial charge in [-0.3, -0.25) is 0 Å². The highest BCUT2D eigenvalue weighted by Crippen LogP contribution is 2.13. The van der Waals surface area contributed by atoms with Crippen molar-refractivity contribution in [2.45, 2.75) is 6.54 Å². The van der Waals surface area contributed by atoms with Gasteiger partial charge in [-0.15, -0.1) is 12.4 Å². The van der Waals surface area contributed by atoms with Gasteiger partial charge in [-0.2, -0.15) is 0 Å². The molecule has 1 aromatic carbocycles. The second-order valence-electron chi connectivity index (χ2n) is 1.98. The molecule has 0 aromatic heterocycles. The quantitative estimate of drug-likeness (QED) is 0.728. The third-order valence-electron chi connectivity index (χ3n) is 1.16. The summed E-state index contributed by atoms with van der Waals surface area (Å²) in [6, 6.07) is 6.33. The second kappa shape index (κ2) is 5.55. The summed E-state index contributed by atoms with van der Waals surface area (Å²) in [7, 11) is 0. The Morgan fingerprint density at radius 1 is 1.09 bits per heavy atom. The lowest BCUT2D eigenvalue weighted by Gasteiger charge is -1.98. The van der Waals surface area contributed by atoms with Gasteiger partial charge in [0.25, 0.3) is 0 Å². The average molecular weight is 395 g/mol. The van der Waals surface area contributed by atoms with Crippen molar-refractivity contribution in [3.8, 4) is 0 Å². The lowest BCUT2D eigenvalue weighted by atomic mass is 10.2. The van der Waals surface area contributed by atoms with Crippen molar-refractivity contribution in [3.63, 3.8) is 0 Å². The van der Waals surface area contributed by atoms with Crippen molar-refractivity contribution >= 4 is 57.6 Å². The summed E-state index contributed by atoms with van der Waals surface area (Å²) in [4.78, 5) is 0. The molecule has 0 saturated heterocycles. The van der Waals surface area contributed by atoms with Gasteiger partial charge in [0.2, 0.25) is 0 Å². The van der Waals surface area contributed by atoms with Crippen molar-refractivity contribution in [2.75, 3.05) is 0 Å². The first-order valence-electron chi connectivity index (χ1n) is 2.87. The molecule has 0 spiro atoms. The molecule has 4 heteroatoms. The molecule has 0 fully saturated rings. The summed E-state index contributed by atoms with van der Waals surface area (Å²) < 4.78 is 2.51. The Balaban J connectivity index is 0.000001000. The molecule has 2 N–H and O–H groups in total. The van der Waals surface area contributed by atoms with E-state index >= 15 is 0 Å². The Kier molecular flexibility index (Phi) is 6.02. The van der Waals surface area contributed by atoms with E-state index in [9.17, 15) is 0 Å². The largest absolute Gasteiger partial charge is 0.326 e. The fourth-order valence-electron chi connectivity index (χ4n) is 0.729. The number of hydrogen-bond acceptors (Lipinski definition) is 1. The highest BCUT2D eigenvalue weighted by Gasteiger charge is 1.93. The molecule has 0 aliphatic rings. The number of rotatable bonds is 1. The first-order valence-corrected chi connectivity index (χ1v) is 5.03. The number of hydrogen-bond donors (Lipinski definition) is 1. The standard InChI is InChI=1S/C7H7I2N.ClH/c8-6-1-5(4-10)2-7(9)3-6;/h1-3H,4,10H2;1H. The molecule has 0 radical (unpaired) electrons. The lowest BCUT2D eigenvalue weighted by Crippen LogP contribution is -1.96. The zero-order valence-corrected chi connectivity index (χ0v) is 10.8. The monoisotopic (exact) mass is 395 g/mol. The van der Waals surface area contributed by atoms with Crippen LogP contribution in [0.15, 0.2) is 18.2 Å². The van der Waals surface area contributed by atoms with Crippen LogP contribution in [0, 0.1) is 7.14 Å². The van der Waals surface area contributed by atoms with Gasteiger partial charge in [0.05, 0.1) is 0 Å². The predicted molar refractivity (Wildman–Crippen MR) is 67.0 cm³/mol. The van der Waals surface area contributed by atoms with Crippen LogP contribution in [0.25, 0.3) is 0 Å². The van der Waals surface area contributed by atoms with E-state index < -0.39 is 0 Å². The van der Waals surface area contributed by atoms with Crippen molar-refractivity contribution in [1.29, 1.82) is 0 Å². The molecule has 0 saturated carbocycles. The average Bonchev–Trinajstić information content (AvgIpc) is 1.85. The maximum absolute atomic E-state index is 5.48. The fourth-order valence-corrected chi connectivity index (χ4v) is 2.80. The summed E-state index contributed by atoms with van der Waals surface area (Å²) in [5.41, 5.74) is 6.69. The number of nitrogens with two attached hydrogens (primary N) is 1. The van der Waals surface area contributed by atoms with E-state index in [-0.39, 0.29) is 12.4 Å². The predicted octanol–water partition coefficient (Wildman–Crippen LogP) is 2.78. The van der Waals surface area contributed by atoms with Crippen molar-refractivity contribution < 1.29 is 0 Å². The smallest absolute Gasteiger partial charge is 0.0178 e. The summed E-state index contributed by atoms with van der Waals surface area (Å²) in [5, 5.41) is 0. The van der Waals surface area contributed by atoms with Crippen LogP contribution in [0.2, 0.25) is 0 Å². The molecule has 0 heterocycles. The van der Waals surface area contributed by atoms with E-state index in [1.54, 1.807) is 0 Å². The van der Waals surface area contributed by atoms with Crippen molar-refractivity contribution in [2.24, 2.45) is 5.73 Å². The van der Waals surface area contributed by atoms with Gasteiger partial charge in [0.15, 0.2) is 0 Å². The second-order valence-corrected chi connectivity index (χ2v) is 4.47. The van der Waals surface area contributed by atoms with Crippen LogP contribution in [-0.2, 0) is 6.54 Å². The van der Waals surface area contributed by atoms with Gasteiger partial charge in [-0.05, 0) is 68.9 Å². The van der Waals surface area contributed by atoms with Crippen LogP contribution in [0.3, 0.4) is 0 Å². The maximum atomic E-state index is 5.48. The number of halogens is 3. The molecule has 0 bridgehead atoms. The van der Waals surface area contributed by atoms with E-state index in [0.29, 0.717) is 6.54 Å². The molecule has 11 heavy (non-hydrogen) atoms. The van der Waals surface area contributed by atoms with Crippen LogP contribution < -0.4 is 5.73 Å². The van der Waals surface area contributed by atoms with Crippen LogP contribution in [0.5, 0.6) is 0 Å². The Hall–Kier alpha value is 0.930. The first kappa shape index (κ1) is 11.9. The molecule has 1 rings (SSSR count). The first-order chi connectivity index (χ1) is 4.72.